The highest BCUT2D eigenvalue weighted by atomic mass is 127. The summed E-state index contributed by atoms with van der Waals surface area (Å²) in [5.74, 6) is 0.524. The molecule has 25 heteroatoms. The van der Waals surface area contributed by atoms with Crippen LogP contribution in [-0.4, -0.2) is 135 Å². The second-order valence-electron chi connectivity index (χ2n) is 23.3. The van der Waals surface area contributed by atoms with Gasteiger partial charge in [-0.3, -0.25) is 29.7 Å². The Morgan fingerprint density at radius 1 is 0.609 bits per heavy atom. The Morgan fingerprint density at radius 3 is 1.45 bits per heavy atom. The van der Waals surface area contributed by atoms with Crippen LogP contribution in [0.5, 0.6) is 0 Å². The summed E-state index contributed by atoms with van der Waals surface area (Å²) in [5.41, 5.74) is 3.02. The topological polar surface area (TPSA) is 135 Å². The zero-order chi connectivity index (χ0) is 64.7. The van der Waals surface area contributed by atoms with Gasteiger partial charge in [0.1, 0.15) is 29.0 Å². The molecule has 4 aromatic heterocycles. The summed E-state index contributed by atoms with van der Waals surface area (Å²) < 4.78 is 151. The molecule has 12 nitrogen and oxygen atoms in total. The van der Waals surface area contributed by atoms with Gasteiger partial charge in [-0.05, 0) is 168 Å². The molecule has 4 aromatic rings. The van der Waals surface area contributed by atoms with Gasteiger partial charge in [0.25, 0.3) is 0 Å². The van der Waals surface area contributed by atoms with E-state index >= 15 is 0 Å². The van der Waals surface area contributed by atoms with Crippen molar-refractivity contribution in [1.29, 1.82) is 0 Å². The van der Waals surface area contributed by atoms with Crippen LogP contribution >= 0.6 is 22.6 Å². The highest BCUT2D eigenvalue weighted by molar-refractivity contribution is 14.1. The highest BCUT2D eigenvalue weighted by Gasteiger charge is 2.56. The molecular formula is C62H75F12IN8O4. The zero-order valence-electron chi connectivity index (χ0n) is 49.9. The first kappa shape index (κ1) is 71.7. The number of aromatic nitrogens is 4. The smallest absolute Gasteiger partial charge is 0.415 e. The number of pyridine rings is 4. The average Bonchev–Trinajstić information content (AvgIpc) is 1.75. The predicted molar refractivity (Wildman–Crippen MR) is 315 cm³/mol. The van der Waals surface area contributed by atoms with Crippen LogP contribution in [0, 0.1) is 9.49 Å². The van der Waals surface area contributed by atoms with E-state index in [-0.39, 0.29) is 59.1 Å². The van der Waals surface area contributed by atoms with Gasteiger partial charge in [0.15, 0.2) is 0 Å². The number of amides is 2. The van der Waals surface area contributed by atoms with Crippen LogP contribution in [0.4, 0.5) is 62.3 Å². The molecule has 4 fully saturated rings. The van der Waals surface area contributed by atoms with Gasteiger partial charge >= 0.3 is 18.4 Å². The van der Waals surface area contributed by atoms with Crippen LogP contribution < -0.4 is 10.6 Å². The van der Waals surface area contributed by atoms with E-state index in [4.69, 9.17) is 9.47 Å². The number of ether oxygens (including phenoxy) is 2. The molecule has 8 aliphatic rings. The van der Waals surface area contributed by atoms with Crippen molar-refractivity contribution in [2.45, 2.75) is 178 Å². The molecule has 0 spiro atoms. The van der Waals surface area contributed by atoms with Gasteiger partial charge in [0, 0.05) is 94.9 Å². The molecule has 13 atom stereocenters. The lowest BCUT2D eigenvalue weighted by molar-refractivity contribution is -0.0965. The minimum Gasteiger partial charge on any atom is -0.444 e. The standard InChI is InChI=1S/C17H21FN2O2.C13H16F3NO2.C12H15FN2.C12H13FN2.C5H4IN.3CH2F2/c1-10-13-8-12(11-6-5-7-19-9-11)15(14(10)18)20(13)16(21)22-17(2,3)4;1-7-8-5-6-9(10(7)13(14,15)16)17(8)11(18)19-12(2,3)4;2*1-7-10-5-9(12(15-10)11(7)13)8-3-2-4-14-6-8;6-5-2-1-3-7-4-5;3*2-1-3/h5-7,9,12-13,15H,8H2,1-4H3;5-6,8-9H,1-4H3;2-4,6-7,9-12,15H,5H2,1H3;2-4,6,9-10,12,15H,5H2,1H3;1-4H;3*1H2. The molecule has 0 aromatic carbocycles. The van der Waals surface area contributed by atoms with Gasteiger partial charge in [-0.25, -0.2) is 49.1 Å². The maximum absolute atomic E-state index is 14.6. The van der Waals surface area contributed by atoms with Crippen LogP contribution in [0.2, 0.25) is 0 Å². The normalized spacial score (nSPS) is 27.4. The van der Waals surface area contributed by atoms with Crippen LogP contribution in [0.25, 0.3) is 0 Å². The molecule has 13 unspecified atom stereocenters. The van der Waals surface area contributed by atoms with Crippen molar-refractivity contribution in [1.82, 2.24) is 40.4 Å². The Morgan fingerprint density at radius 2 is 1.07 bits per heavy atom. The number of hydrogen-bond donors (Lipinski definition) is 2. The summed E-state index contributed by atoms with van der Waals surface area (Å²) in [6.07, 6.45) is 13.8. The van der Waals surface area contributed by atoms with E-state index in [0.29, 0.717) is 17.5 Å². The summed E-state index contributed by atoms with van der Waals surface area (Å²) in [5, 5.41) is 6.67. The second kappa shape index (κ2) is 31.9. The quantitative estimate of drug-likeness (QED) is 0.116. The lowest BCUT2D eigenvalue weighted by Crippen LogP contribution is -2.42. The molecule has 0 radical (unpaired) electrons. The molecule has 8 aliphatic heterocycles. The number of hydrogen-bond acceptors (Lipinski definition) is 10. The molecular weight excluding hydrogens is 1280 g/mol. The highest BCUT2D eigenvalue weighted by Crippen LogP contribution is 2.51. The molecule has 87 heavy (non-hydrogen) atoms. The van der Waals surface area contributed by atoms with E-state index in [1.807, 2.05) is 95.7 Å². The van der Waals surface area contributed by atoms with Crippen molar-refractivity contribution < 1.29 is 71.7 Å². The molecule has 478 valence electrons. The van der Waals surface area contributed by atoms with Crippen molar-refractivity contribution in [3.63, 3.8) is 0 Å². The van der Waals surface area contributed by atoms with Gasteiger partial charge in [0.05, 0.1) is 35.8 Å². The summed E-state index contributed by atoms with van der Waals surface area (Å²) >= 11 is 2.22. The zero-order valence-corrected chi connectivity index (χ0v) is 52.0. The monoisotopic (exact) mass is 1350 g/mol. The lowest BCUT2D eigenvalue weighted by atomic mass is 9.79. The fourth-order valence-electron chi connectivity index (χ4n) is 11.9. The average molecular weight is 1350 g/mol. The Kier molecular flexibility index (Phi) is 26.3. The van der Waals surface area contributed by atoms with Gasteiger partial charge in [-0.1, -0.05) is 37.3 Å². The molecule has 2 amide bonds. The van der Waals surface area contributed by atoms with E-state index in [2.05, 4.69) is 59.2 Å². The van der Waals surface area contributed by atoms with E-state index < -0.39 is 80.2 Å². The Balaban J connectivity index is 0.000000196. The molecule has 0 aliphatic carbocycles. The van der Waals surface area contributed by atoms with Crippen LogP contribution in [-0.2, 0) is 9.47 Å². The third-order valence-electron chi connectivity index (χ3n) is 15.6. The number of rotatable bonds is 3. The number of alkyl halides is 10. The minimum atomic E-state index is -4.42. The van der Waals surface area contributed by atoms with Crippen molar-refractivity contribution in [3.8, 4) is 0 Å². The number of nitrogens with one attached hydrogen (secondary N) is 2. The number of carbonyl (C=O) groups is 2. The lowest BCUT2D eigenvalue weighted by Gasteiger charge is -2.28. The third-order valence-corrected chi connectivity index (χ3v) is 16.3. The summed E-state index contributed by atoms with van der Waals surface area (Å²) in [6.45, 7) is 12.3. The Bertz CT molecular complexity index is 2950. The van der Waals surface area contributed by atoms with Gasteiger partial charge in [-0.2, -0.15) is 13.2 Å². The minimum absolute atomic E-state index is 0.00852. The number of nitrogens with zero attached hydrogens (tertiary/aromatic N) is 6. The van der Waals surface area contributed by atoms with Crippen LogP contribution in [0.3, 0.4) is 0 Å². The number of carbonyl (C=O) groups excluding carboxylic acids is 2. The summed E-state index contributed by atoms with van der Waals surface area (Å²) in [7, 11) is 0. The van der Waals surface area contributed by atoms with Gasteiger partial charge in [-0.15, -0.1) is 0 Å². The van der Waals surface area contributed by atoms with E-state index in [1.54, 1.807) is 69.7 Å². The van der Waals surface area contributed by atoms with Crippen molar-refractivity contribution in [2.75, 3.05) is 20.8 Å². The first-order valence-electron chi connectivity index (χ1n) is 28.0. The van der Waals surface area contributed by atoms with Crippen LogP contribution in [0.15, 0.2) is 144 Å². The third kappa shape index (κ3) is 18.3. The molecule has 8 bridgehead atoms. The van der Waals surface area contributed by atoms with Crippen molar-refractivity contribution in [3.05, 3.63) is 164 Å². The first-order valence-corrected chi connectivity index (χ1v) is 29.1. The maximum atomic E-state index is 14.6. The van der Waals surface area contributed by atoms with E-state index in [1.165, 1.54) is 22.1 Å². The van der Waals surface area contributed by atoms with Crippen molar-refractivity contribution in [2.24, 2.45) is 5.92 Å². The van der Waals surface area contributed by atoms with E-state index in [0.717, 1.165) is 40.9 Å². The second-order valence-corrected chi connectivity index (χ2v) is 24.6. The van der Waals surface area contributed by atoms with Crippen molar-refractivity contribution >= 4 is 34.8 Å². The fraction of sp³-hybridized carbons (Fsp3) is 0.516. The fourth-order valence-corrected chi connectivity index (χ4v) is 12.3. The summed E-state index contributed by atoms with van der Waals surface area (Å²) in [6, 6.07) is 13.6. The Hall–Kier alpha value is -6.09. The number of halogens is 13. The molecule has 4 saturated heterocycles. The van der Waals surface area contributed by atoms with Gasteiger partial charge < -0.3 is 20.1 Å². The molecule has 12 heterocycles. The SMILES string of the molecule is CC1=C(C(F)(F)F)C2C=CC1N2C(=O)OC(C)(C)C.CC1=C(F)C2C(c3cccnc3)CC1N2C(=O)OC(C)(C)C.CC1=C(F)C2NC1CC2c1cccnc1.CC1C2CC(c3cccnc3)C(N2)C1F.FCF.FCF.FCF.Ic1cccnc1. The maximum Gasteiger partial charge on any atom is 0.415 e. The van der Waals surface area contributed by atoms with Crippen LogP contribution in [0.1, 0.15) is 123 Å². The largest absolute Gasteiger partial charge is 0.444 e. The molecule has 12 rings (SSSR count). The Labute approximate surface area is 513 Å². The van der Waals surface area contributed by atoms with Gasteiger partial charge in [0.2, 0.25) is 20.8 Å². The number of fused-ring (bicyclic) bond motifs is 8. The van der Waals surface area contributed by atoms with E-state index in [9.17, 15) is 62.3 Å². The first-order chi connectivity index (χ1) is 41.0. The molecule has 2 N–H and O–H groups in total. The molecule has 0 saturated carbocycles. The predicted octanol–water partition coefficient (Wildman–Crippen LogP) is 15.6. The summed E-state index contributed by atoms with van der Waals surface area (Å²) in [4.78, 5) is 43.4.